The Morgan fingerprint density at radius 2 is 1.93 bits per heavy atom. The lowest BCUT2D eigenvalue weighted by Crippen LogP contribution is -2.46. The van der Waals surface area contributed by atoms with E-state index in [4.69, 9.17) is 14.5 Å². The van der Waals surface area contributed by atoms with Gasteiger partial charge in [0.2, 0.25) is 5.91 Å². The van der Waals surface area contributed by atoms with E-state index in [2.05, 4.69) is 22.5 Å². The van der Waals surface area contributed by atoms with E-state index in [1.807, 2.05) is 0 Å². The molecule has 0 spiro atoms. The van der Waals surface area contributed by atoms with E-state index in [1.165, 1.54) is 0 Å². The number of piperidine rings is 1. The second kappa shape index (κ2) is 12.9. The molecule has 0 aromatic carbocycles. The Morgan fingerprint density at radius 1 is 1.19 bits per heavy atom. The zero-order valence-electron chi connectivity index (χ0n) is 17.2. The van der Waals surface area contributed by atoms with Crippen LogP contribution in [0.2, 0.25) is 0 Å². The zero-order valence-corrected chi connectivity index (χ0v) is 17.2. The fourth-order valence-electron chi connectivity index (χ4n) is 3.65. The molecule has 27 heavy (non-hydrogen) atoms. The number of carbonyl (C=O) groups excluding carboxylic acids is 1. The van der Waals surface area contributed by atoms with Crippen LogP contribution in [-0.2, 0) is 14.3 Å². The fourth-order valence-corrected chi connectivity index (χ4v) is 3.65. The predicted molar refractivity (Wildman–Crippen MR) is 108 cm³/mol. The zero-order chi connectivity index (χ0) is 19.3. The molecule has 0 bridgehead atoms. The van der Waals surface area contributed by atoms with Crippen LogP contribution in [0.15, 0.2) is 4.99 Å². The Hall–Kier alpha value is -1.34. The third-order valence-corrected chi connectivity index (χ3v) is 5.40. The van der Waals surface area contributed by atoms with Crippen LogP contribution in [-0.4, -0.2) is 76.4 Å². The van der Waals surface area contributed by atoms with Crippen molar-refractivity contribution in [3.8, 4) is 0 Å². The second-order valence-corrected chi connectivity index (χ2v) is 7.53. The Morgan fingerprint density at radius 3 is 2.59 bits per heavy atom. The van der Waals surface area contributed by atoms with Crippen molar-refractivity contribution in [2.45, 2.75) is 45.4 Å². The summed E-state index contributed by atoms with van der Waals surface area (Å²) < 4.78 is 11.2. The van der Waals surface area contributed by atoms with E-state index in [0.29, 0.717) is 18.3 Å². The number of amides is 1. The third kappa shape index (κ3) is 8.47. The maximum absolute atomic E-state index is 11.5. The van der Waals surface area contributed by atoms with Crippen molar-refractivity contribution in [3.63, 3.8) is 0 Å². The molecule has 2 N–H and O–H groups in total. The van der Waals surface area contributed by atoms with Gasteiger partial charge in [-0.15, -0.1) is 0 Å². The quantitative estimate of drug-likeness (QED) is 0.360. The molecule has 7 nitrogen and oxygen atoms in total. The summed E-state index contributed by atoms with van der Waals surface area (Å²) in [5.74, 6) is 2.30. The largest absolute Gasteiger partial charge is 0.381 e. The summed E-state index contributed by atoms with van der Waals surface area (Å²) in [6.45, 7) is 9.08. The van der Waals surface area contributed by atoms with Crippen molar-refractivity contribution in [3.05, 3.63) is 0 Å². The van der Waals surface area contributed by atoms with E-state index < -0.39 is 0 Å². The standard InChI is InChI=1S/C20H38N4O3/c1-3-22-20(24-10-5-17(6-11-24)15-19(25)21-2)23-9-4-12-27-16-18-7-13-26-14-8-18/h17-18H,3-16H2,1-2H3,(H,21,25)(H,22,23). The molecule has 2 heterocycles. The first-order valence-corrected chi connectivity index (χ1v) is 10.6. The molecule has 0 unspecified atom stereocenters. The van der Waals surface area contributed by atoms with E-state index in [0.717, 1.165) is 90.7 Å². The number of carbonyl (C=O) groups is 1. The first-order chi connectivity index (χ1) is 13.2. The van der Waals surface area contributed by atoms with Crippen LogP contribution in [0.5, 0.6) is 0 Å². The minimum Gasteiger partial charge on any atom is -0.381 e. The van der Waals surface area contributed by atoms with Crippen LogP contribution in [0.4, 0.5) is 0 Å². The predicted octanol–water partition coefficient (Wildman–Crippen LogP) is 1.63. The SMILES string of the molecule is CCNC(=NCCCOCC1CCOCC1)N1CCC(CC(=O)NC)CC1. The van der Waals surface area contributed by atoms with Crippen molar-refractivity contribution in [1.82, 2.24) is 15.5 Å². The second-order valence-electron chi connectivity index (χ2n) is 7.53. The average molecular weight is 383 g/mol. The van der Waals surface area contributed by atoms with Crippen LogP contribution in [0.3, 0.4) is 0 Å². The molecular weight excluding hydrogens is 344 g/mol. The molecule has 2 aliphatic heterocycles. The Balaban J connectivity index is 1.64. The van der Waals surface area contributed by atoms with Crippen molar-refractivity contribution >= 4 is 11.9 Å². The lowest BCUT2D eigenvalue weighted by atomic mass is 9.93. The number of likely N-dealkylation sites (tertiary alicyclic amines) is 1. The van der Waals surface area contributed by atoms with Crippen LogP contribution in [0.25, 0.3) is 0 Å². The molecule has 0 aliphatic carbocycles. The number of ether oxygens (including phenoxy) is 2. The van der Waals surface area contributed by atoms with Crippen LogP contribution >= 0.6 is 0 Å². The van der Waals surface area contributed by atoms with E-state index in [1.54, 1.807) is 7.05 Å². The highest BCUT2D eigenvalue weighted by molar-refractivity contribution is 5.80. The third-order valence-electron chi connectivity index (χ3n) is 5.40. The summed E-state index contributed by atoms with van der Waals surface area (Å²) in [5, 5.41) is 6.13. The highest BCUT2D eigenvalue weighted by atomic mass is 16.5. The smallest absolute Gasteiger partial charge is 0.220 e. The Bertz CT molecular complexity index is 445. The molecule has 0 radical (unpaired) electrons. The normalized spacial score (nSPS) is 19.9. The van der Waals surface area contributed by atoms with Crippen LogP contribution in [0, 0.1) is 11.8 Å². The number of hydrogen-bond acceptors (Lipinski definition) is 4. The highest BCUT2D eigenvalue weighted by Gasteiger charge is 2.23. The van der Waals surface area contributed by atoms with Gasteiger partial charge in [0.1, 0.15) is 0 Å². The summed E-state index contributed by atoms with van der Waals surface area (Å²) in [6.07, 6.45) is 5.93. The van der Waals surface area contributed by atoms with Gasteiger partial charge >= 0.3 is 0 Å². The van der Waals surface area contributed by atoms with Gasteiger partial charge in [-0.2, -0.15) is 0 Å². The molecular formula is C20H38N4O3. The highest BCUT2D eigenvalue weighted by Crippen LogP contribution is 2.20. The van der Waals surface area contributed by atoms with Gasteiger partial charge in [0.15, 0.2) is 5.96 Å². The molecule has 2 saturated heterocycles. The summed E-state index contributed by atoms with van der Waals surface area (Å²) >= 11 is 0. The summed E-state index contributed by atoms with van der Waals surface area (Å²) in [4.78, 5) is 18.6. The molecule has 0 saturated carbocycles. The fraction of sp³-hybridized carbons (Fsp3) is 0.900. The molecule has 0 aromatic rings. The monoisotopic (exact) mass is 382 g/mol. The van der Waals surface area contributed by atoms with Gasteiger partial charge < -0.3 is 25.0 Å². The van der Waals surface area contributed by atoms with Crippen molar-refractivity contribution in [1.29, 1.82) is 0 Å². The minimum absolute atomic E-state index is 0.148. The maximum atomic E-state index is 11.5. The first kappa shape index (κ1) is 22.0. The molecule has 0 atom stereocenters. The molecule has 0 aromatic heterocycles. The molecule has 2 rings (SSSR count). The Kier molecular flexibility index (Phi) is 10.5. The number of nitrogens with one attached hydrogen (secondary N) is 2. The van der Waals surface area contributed by atoms with E-state index in [9.17, 15) is 4.79 Å². The van der Waals surface area contributed by atoms with Crippen molar-refractivity contribution in [2.75, 3.05) is 59.7 Å². The number of nitrogens with zero attached hydrogens (tertiary/aromatic N) is 2. The van der Waals surface area contributed by atoms with Crippen LogP contribution in [0.1, 0.15) is 45.4 Å². The number of aliphatic imine (C=N–C) groups is 1. The number of hydrogen-bond donors (Lipinski definition) is 2. The average Bonchev–Trinajstić information content (AvgIpc) is 2.71. The summed E-state index contributed by atoms with van der Waals surface area (Å²) in [6, 6.07) is 0. The Labute approximate surface area is 164 Å². The van der Waals surface area contributed by atoms with Gasteiger partial charge in [-0.05, 0) is 50.9 Å². The molecule has 1 amide bonds. The van der Waals surface area contributed by atoms with Crippen molar-refractivity contribution in [2.24, 2.45) is 16.8 Å². The minimum atomic E-state index is 0.148. The maximum Gasteiger partial charge on any atom is 0.220 e. The molecule has 7 heteroatoms. The molecule has 2 fully saturated rings. The van der Waals surface area contributed by atoms with Gasteiger partial charge in [0, 0.05) is 66.1 Å². The van der Waals surface area contributed by atoms with E-state index >= 15 is 0 Å². The van der Waals surface area contributed by atoms with Gasteiger partial charge in [-0.25, -0.2) is 0 Å². The summed E-state index contributed by atoms with van der Waals surface area (Å²) in [5.41, 5.74) is 0. The van der Waals surface area contributed by atoms with Gasteiger partial charge in [-0.3, -0.25) is 9.79 Å². The molecule has 2 aliphatic rings. The lowest BCUT2D eigenvalue weighted by Gasteiger charge is -2.34. The van der Waals surface area contributed by atoms with Gasteiger partial charge in [-0.1, -0.05) is 0 Å². The molecule has 156 valence electrons. The van der Waals surface area contributed by atoms with Crippen molar-refractivity contribution < 1.29 is 14.3 Å². The number of guanidine groups is 1. The lowest BCUT2D eigenvalue weighted by molar-refractivity contribution is -0.121. The van der Waals surface area contributed by atoms with Crippen LogP contribution < -0.4 is 10.6 Å². The van der Waals surface area contributed by atoms with Gasteiger partial charge in [0.25, 0.3) is 0 Å². The summed E-state index contributed by atoms with van der Waals surface area (Å²) in [7, 11) is 1.71. The topological polar surface area (TPSA) is 75.2 Å². The number of rotatable bonds is 9. The van der Waals surface area contributed by atoms with Gasteiger partial charge in [0.05, 0.1) is 0 Å². The van der Waals surface area contributed by atoms with E-state index in [-0.39, 0.29) is 5.91 Å². The first-order valence-electron chi connectivity index (χ1n) is 10.6.